The van der Waals surface area contributed by atoms with Gasteiger partial charge in [-0.2, -0.15) is 0 Å². The van der Waals surface area contributed by atoms with Crippen molar-refractivity contribution in [1.82, 2.24) is 5.32 Å². The van der Waals surface area contributed by atoms with Crippen molar-refractivity contribution in [2.45, 2.75) is 32.4 Å². The molecule has 0 aromatic heterocycles. The highest BCUT2D eigenvalue weighted by molar-refractivity contribution is 5.63. The van der Waals surface area contributed by atoms with E-state index in [1.165, 1.54) is 16.7 Å². The van der Waals surface area contributed by atoms with E-state index in [0.717, 1.165) is 6.42 Å². The molecule has 0 fully saturated rings. The smallest absolute Gasteiger partial charge is 0.0664 e. The van der Waals surface area contributed by atoms with Gasteiger partial charge < -0.3 is 10.1 Å². The molecule has 0 aliphatic carbocycles. The van der Waals surface area contributed by atoms with Gasteiger partial charge >= 0.3 is 0 Å². The third-order valence-electron chi connectivity index (χ3n) is 3.89. The van der Waals surface area contributed by atoms with Crippen LogP contribution < -0.4 is 5.32 Å². The van der Waals surface area contributed by atoms with E-state index in [2.05, 4.69) is 67.7 Å². The van der Waals surface area contributed by atoms with Crippen LogP contribution in [-0.2, 0) is 4.74 Å². The van der Waals surface area contributed by atoms with E-state index in [-0.39, 0.29) is 6.04 Å². The van der Waals surface area contributed by atoms with Crippen LogP contribution in [0.3, 0.4) is 0 Å². The molecule has 0 radical (unpaired) electrons. The Bertz CT molecular complexity index is 521. The van der Waals surface area contributed by atoms with Gasteiger partial charge in [-0.3, -0.25) is 0 Å². The summed E-state index contributed by atoms with van der Waals surface area (Å²) in [6.45, 7) is 4.97. The first-order valence-electron chi connectivity index (χ1n) is 7.68. The number of benzene rings is 2. The predicted octanol–water partition coefficient (Wildman–Crippen LogP) is 4.43. The lowest BCUT2D eigenvalue weighted by Gasteiger charge is -2.20. The van der Waals surface area contributed by atoms with Crippen molar-refractivity contribution in [3.05, 3.63) is 60.2 Å². The van der Waals surface area contributed by atoms with Gasteiger partial charge in [0.25, 0.3) is 0 Å². The molecule has 2 aromatic carbocycles. The Morgan fingerprint density at radius 2 is 1.57 bits per heavy atom. The van der Waals surface area contributed by atoms with Gasteiger partial charge in [-0.15, -0.1) is 0 Å². The average molecular weight is 283 g/mol. The monoisotopic (exact) mass is 283 g/mol. The first kappa shape index (κ1) is 15.7. The lowest BCUT2D eigenvalue weighted by molar-refractivity contribution is 0.0487. The molecule has 0 saturated heterocycles. The molecule has 2 nitrogen and oxygen atoms in total. The highest BCUT2D eigenvalue weighted by Gasteiger charge is 2.11. The lowest BCUT2D eigenvalue weighted by atomic mass is 10.0. The molecular weight excluding hydrogens is 258 g/mol. The molecule has 0 aliphatic rings. The van der Waals surface area contributed by atoms with Crippen LogP contribution in [0.25, 0.3) is 11.1 Å². The van der Waals surface area contributed by atoms with Gasteiger partial charge in [0.2, 0.25) is 0 Å². The molecule has 0 aliphatic heterocycles. The van der Waals surface area contributed by atoms with Crippen LogP contribution in [-0.4, -0.2) is 19.8 Å². The summed E-state index contributed by atoms with van der Waals surface area (Å²) >= 11 is 0. The van der Waals surface area contributed by atoms with E-state index >= 15 is 0 Å². The largest absolute Gasteiger partial charge is 0.377 e. The Kier molecular flexibility index (Phi) is 5.97. The van der Waals surface area contributed by atoms with Crippen LogP contribution in [0.1, 0.15) is 31.9 Å². The Morgan fingerprint density at radius 1 is 0.952 bits per heavy atom. The third kappa shape index (κ3) is 4.42. The van der Waals surface area contributed by atoms with E-state index < -0.39 is 0 Å². The second kappa shape index (κ2) is 7.96. The van der Waals surface area contributed by atoms with Gasteiger partial charge in [-0.25, -0.2) is 0 Å². The molecule has 1 N–H and O–H groups in total. The first-order valence-corrected chi connectivity index (χ1v) is 7.68. The minimum atomic E-state index is 0.240. The third-order valence-corrected chi connectivity index (χ3v) is 3.89. The Morgan fingerprint density at radius 3 is 2.14 bits per heavy atom. The average Bonchev–Trinajstić information content (AvgIpc) is 2.56. The van der Waals surface area contributed by atoms with Crippen molar-refractivity contribution in [1.29, 1.82) is 0 Å². The van der Waals surface area contributed by atoms with Gasteiger partial charge in [-0.1, -0.05) is 61.5 Å². The fraction of sp³-hybridized carbons (Fsp3) is 0.368. The summed E-state index contributed by atoms with van der Waals surface area (Å²) in [6, 6.07) is 19.4. The minimum Gasteiger partial charge on any atom is -0.377 e. The summed E-state index contributed by atoms with van der Waals surface area (Å²) in [5.41, 5.74) is 3.76. The second-order valence-corrected chi connectivity index (χ2v) is 5.38. The molecule has 2 aromatic rings. The van der Waals surface area contributed by atoms with Gasteiger partial charge in [-0.05, 0) is 37.1 Å². The highest BCUT2D eigenvalue weighted by Crippen LogP contribution is 2.22. The van der Waals surface area contributed by atoms with E-state index in [1.807, 2.05) is 13.1 Å². The Balaban J connectivity index is 2.06. The van der Waals surface area contributed by atoms with E-state index in [4.69, 9.17) is 4.74 Å². The van der Waals surface area contributed by atoms with Gasteiger partial charge in [0.05, 0.1) is 18.8 Å². The van der Waals surface area contributed by atoms with E-state index in [9.17, 15) is 0 Å². The van der Waals surface area contributed by atoms with E-state index in [1.54, 1.807) is 0 Å². The molecule has 112 valence electrons. The second-order valence-electron chi connectivity index (χ2n) is 5.38. The molecule has 0 saturated carbocycles. The van der Waals surface area contributed by atoms with Crippen molar-refractivity contribution >= 4 is 0 Å². The molecule has 2 heteroatoms. The topological polar surface area (TPSA) is 21.3 Å². The van der Waals surface area contributed by atoms with Crippen LogP contribution >= 0.6 is 0 Å². The molecule has 0 spiro atoms. The fourth-order valence-electron chi connectivity index (χ4n) is 2.26. The normalized spacial score (nSPS) is 13.9. The maximum atomic E-state index is 5.85. The number of hydrogen-bond donors (Lipinski definition) is 1. The van der Waals surface area contributed by atoms with Gasteiger partial charge in [0, 0.05) is 0 Å². The van der Waals surface area contributed by atoms with Crippen molar-refractivity contribution in [3.8, 4) is 11.1 Å². The zero-order valence-electron chi connectivity index (χ0n) is 13.2. The molecular formula is C19H25NO. The molecule has 2 atom stereocenters. The molecule has 21 heavy (non-hydrogen) atoms. The summed E-state index contributed by atoms with van der Waals surface area (Å²) in [5.74, 6) is 0. The Hall–Kier alpha value is -1.64. The maximum Gasteiger partial charge on any atom is 0.0664 e. The highest BCUT2D eigenvalue weighted by atomic mass is 16.5. The zero-order valence-corrected chi connectivity index (χ0v) is 13.2. The molecule has 0 heterocycles. The molecule has 0 bridgehead atoms. The van der Waals surface area contributed by atoms with Gasteiger partial charge in [0.15, 0.2) is 0 Å². The Labute approximate surface area is 128 Å². The SMILES string of the molecule is CCC(C)OCC(NC)c1ccc(-c2ccccc2)cc1. The predicted molar refractivity (Wildman–Crippen MR) is 89.4 cm³/mol. The minimum absolute atomic E-state index is 0.240. The first-order chi connectivity index (χ1) is 10.2. The molecule has 0 amide bonds. The molecule has 2 unspecified atom stereocenters. The van der Waals surface area contributed by atoms with Crippen molar-refractivity contribution in [2.24, 2.45) is 0 Å². The summed E-state index contributed by atoms with van der Waals surface area (Å²) in [5, 5.41) is 3.33. The number of hydrogen-bond acceptors (Lipinski definition) is 2. The number of ether oxygens (including phenoxy) is 1. The quantitative estimate of drug-likeness (QED) is 0.811. The fourth-order valence-corrected chi connectivity index (χ4v) is 2.26. The lowest BCUT2D eigenvalue weighted by Crippen LogP contribution is -2.24. The van der Waals surface area contributed by atoms with Crippen LogP contribution in [0, 0.1) is 0 Å². The standard InChI is InChI=1S/C19H25NO/c1-4-15(2)21-14-19(20-3)18-12-10-17(11-13-18)16-8-6-5-7-9-16/h5-13,15,19-20H,4,14H2,1-3H3. The summed E-state index contributed by atoms with van der Waals surface area (Å²) < 4.78 is 5.85. The summed E-state index contributed by atoms with van der Waals surface area (Å²) in [6.07, 6.45) is 1.35. The van der Waals surface area contributed by atoms with Crippen LogP contribution in [0.5, 0.6) is 0 Å². The van der Waals surface area contributed by atoms with Crippen molar-refractivity contribution in [3.63, 3.8) is 0 Å². The van der Waals surface area contributed by atoms with Crippen LogP contribution in [0.15, 0.2) is 54.6 Å². The summed E-state index contributed by atoms with van der Waals surface area (Å²) in [7, 11) is 1.98. The van der Waals surface area contributed by atoms with Gasteiger partial charge in [0.1, 0.15) is 0 Å². The molecule has 2 rings (SSSR count). The maximum absolute atomic E-state index is 5.85. The van der Waals surface area contributed by atoms with E-state index in [0.29, 0.717) is 12.7 Å². The number of nitrogens with one attached hydrogen (secondary N) is 1. The van der Waals surface area contributed by atoms with Crippen molar-refractivity contribution in [2.75, 3.05) is 13.7 Å². The van der Waals surface area contributed by atoms with Crippen LogP contribution in [0.2, 0.25) is 0 Å². The number of likely N-dealkylation sites (N-methyl/N-ethyl adjacent to an activating group) is 1. The number of rotatable bonds is 7. The summed E-state index contributed by atoms with van der Waals surface area (Å²) in [4.78, 5) is 0. The van der Waals surface area contributed by atoms with Crippen LogP contribution in [0.4, 0.5) is 0 Å². The van der Waals surface area contributed by atoms with Crippen molar-refractivity contribution < 1.29 is 4.74 Å². The zero-order chi connectivity index (χ0) is 15.1.